The lowest BCUT2D eigenvalue weighted by Gasteiger charge is -2.41. The monoisotopic (exact) mass is 352 g/mol. The van der Waals surface area contributed by atoms with Crippen LogP contribution < -0.4 is 0 Å². The summed E-state index contributed by atoms with van der Waals surface area (Å²) in [6.45, 7) is 1.71. The van der Waals surface area contributed by atoms with Crippen LogP contribution in [0.15, 0.2) is 24.4 Å². The van der Waals surface area contributed by atoms with E-state index in [4.69, 9.17) is 27.9 Å². The molecule has 0 unspecified atom stereocenters. The van der Waals surface area contributed by atoms with Crippen molar-refractivity contribution < 1.29 is 9.53 Å². The van der Waals surface area contributed by atoms with Gasteiger partial charge in [-0.2, -0.15) is 0 Å². The van der Waals surface area contributed by atoms with Gasteiger partial charge in [0.2, 0.25) is 0 Å². The predicted octanol–water partition coefficient (Wildman–Crippen LogP) is 2.57. The third kappa shape index (κ3) is 2.60. The maximum atomic E-state index is 12.7. The average molecular weight is 353 g/mol. The fraction of sp³-hybridized carbons (Fsp3) is 0.400. The normalized spacial score (nSPS) is 23.3. The standard InChI is InChI=1S/C15H14Cl2N4O2/c16-11-2-1-9(5-12(11)17)15(22)20-4-3-14-13(7-20)21-10(8-23-14)6-18-19-21/h1-2,5-6,13-14H,3-4,7-8H2/t13-,14-/m1/s1. The number of benzene rings is 1. The van der Waals surface area contributed by atoms with E-state index in [1.807, 2.05) is 4.68 Å². The molecule has 1 aromatic heterocycles. The van der Waals surface area contributed by atoms with Gasteiger partial charge in [0.15, 0.2) is 0 Å². The summed E-state index contributed by atoms with van der Waals surface area (Å²) in [5.41, 5.74) is 1.48. The maximum Gasteiger partial charge on any atom is 0.253 e. The summed E-state index contributed by atoms with van der Waals surface area (Å²) >= 11 is 11.9. The Morgan fingerprint density at radius 2 is 2.17 bits per heavy atom. The fourth-order valence-corrected chi connectivity index (χ4v) is 3.47. The Morgan fingerprint density at radius 1 is 1.30 bits per heavy atom. The number of fused-ring (bicyclic) bond motifs is 3. The number of likely N-dealkylation sites (tertiary alicyclic amines) is 1. The second-order valence-electron chi connectivity index (χ2n) is 5.76. The van der Waals surface area contributed by atoms with Gasteiger partial charge in [0.1, 0.15) is 0 Å². The quantitative estimate of drug-likeness (QED) is 0.791. The summed E-state index contributed by atoms with van der Waals surface area (Å²) < 4.78 is 7.74. The highest BCUT2D eigenvalue weighted by Crippen LogP contribution is 2.31. The summed E-state index contributed by atoms with van der Waals surface area (Å²) in [5.74, 6) is -0.0609. The zero-order valence-electron chi connectivity index (χ0n) is 12.2. The third-order valence-electron chi connectivity index (χ3n) is 4.38. The zero-order chi connectivity index (χ0) is 16.0. The highest BCUT2D eigenvalue weighted by Gasteiger charge is 2.38. The van der Waals surface area contributed by atoms with E-state index in [-0.39, 0.29) is 18.1 Å². The summed E-state index contributed by atoms with van der Waals surface area (Å²) in [6, 6.07) is 4.95. The molecule has 0 bridgehead atoms. The number of carbonyl (C=O) groups is 1. The van der Waals surface area contributed by atoms with Gasteiger partial charge in [-0.15, -0.1) is 5.10 Å². The summed E-state index contributed by atoms with van der Waals surface area (Å²) in [7, 11) is 0. The first-order valence-corrected chi connectivity index (χ1v) is 8.14. The minimum absolute atomic E-state index is 0.00159. The van der Waals surface area contributed by atoms with E-state index in [1.54, 1.807) is 29.3 Å². The molecule has 2 aliphatic rings. The van der Waals surface area contributed by atoms with Crippen molar-refractivity contribution in [1.82, 2.24) is 19.9 Å². The molecule has 0 radical (unpaired) electrons. The maximum absolute atomic E-state index is 12.7. The second kappa shape index (κ2) is 5.78. The van der Waals surface area contributed by atoms with Gasteiger partial charge in [0.25, 0.3) is 5.91 Å². The van der Waals surface area contributed by atoms with E-state index in [0.29, 0.717) is 35.3 Å². The topological polar surface area (TPSA) is 60.3 Å². The van der Waals surface area contributed by atoms with Gasteiger partial charge in [0.05, 0.1) is 40.7 Å². The number of aromatic nitrogens is 3. The zero-order valence-corrected chi connectivity index (χ0v) is 13.7. The van der Waals surface area contributed by atoms with Gasteiger partial charge >= 0.3 is 0 Å². The van der Waals surface area contributed by atoms with Crippen LogP contribution >= 0.6 is 23.2 Å². The van der Waals surface area contributed by atoms with Gasteiger partial charge in [-0.05, 0) is 24.6 Å². The molecule has 4 rings (SSSR count). The summed E-state index contributed by atoms with van der Waals surface area (Å²) in [5, 5.41) is 8.91. The molecule has 1 fully saturated rings. The van der Waals surface area contributed by atoms with Crippen molar-refractivity contribution in [3.63, 3.8) is 0 Å². The number of halogens is 2. The first-order chi connectivity index (χ1) is 11.1. The van der Waals surface area contributed by atoms with E-state index in [1.165, 1.54) is 0 Å². The molecular weight excluding hydrogens is 339 g/mol. The van der Waals surface area contributed by atoms with Crippen LogP contribution in [0.5, 0.6) is 0 Å². The number of nitrogens with zero attached hydrogens (tertiary/aromatic N) is 4. The summed E-state index contributed by atoms with van der Waals surface area (Å²) in [6.07, 6.45) is 2.55. The molecule has 1 amide bonds. The average Bonchev–Trinajstić information content (AvgIpc) is 3.05. The Morgan fingerprint density at radius 3 is 3.00 bits per heavy atom. The van der Waals surface area contributed by atoms with Crippen LogP contribution in [-0.2, 0) is 11.3 Å². The highest BCUT2D eigenvalue weighted by atomic mass is 35.5. The number of rotatable bonds is 1. The lowest BCUT2D eigenvalue weighted by Crippen LogP contribution is -2.49. The van der Waals surface area contributed by atoms with Crippen molar-refractivity contribution in [3.8, 4) is 0 Å². The molecule has 2 aliphatic heterocycles. The third-order valence-corrected chi connectivity index (χ3v) is 5.12. The largest absolute Gasteiger partial charge is 0.370 e. The van der Waals surface area contributed by atoms with E-state index in [9.17, 15) is 4.79 Å². The van der Waals surface area contributed by atoms with Crippen LogP contribution in [0.2, 0.25) is 10.0 Å². The molecule has 23 heavy (non-hydrogen) atoms. The van der Waals surface area contributed by atoms with E-state index < -0.39 is 0 Å². The number of ether oxygens (including phenoxy) is 1. The van der Waals surface area contributed by atoms with Crippen LogP contribution in [0.25, 0.3) is 0 Å². The van der Waals surface area contributed by atoms with Crippen molar-refractivity contribution in [2.24, 2.45) is 0 Å². The molecule has 120 valence electrons. The van der Waals surface area contributed by atoms with Gasteiger partial charge in [0, 0.05) is 18.7 Å². The molecular formula is C15H14Cl2N4O2. The molecule has 0 aliphatic carbocycles. The molecule has 8 heteroatoms. The van der Waals surface area contributed by atoms with E-state index in [2.05, 4.69) is 10.3 Å². The smallest absolute Gasteiger partial charge is 0.253 e. The molecule has 6 nitrogen and oxygen atoms in total. The van der Waals surface area contributed by atoms with Crippen LogP contribution in [0.3, 0.4) is 0 Å². The number of hydrogen-bond acceptors (Lipinski definition) is 4. The molecule has 0 N–H and O–H groups in total. The SMILES string of the molecule is O=C(c1ccc(Cl)c(Cl)c1)N1CC[C@H]2OCc3cnnn3[C@@H]2C1. The lowest BCUT2D eigenvalue weighted by molar-refractivity contribution is -0.0605. The molecule has 0 saturated carbocycles. The number of carbonyl (C=O) groups excluding carboxylic acids is 1. The Bertz CT molecular complexity index is 764. The fourth-order valence-electron chi connectivity index (χ4n) is 3.18. The van der Waals surface area contributed by atoms with Crippen molar-refractivity contribution in [2.75, 3.05) is 13.1 Å². The van der Waals surface area contributed by atoms with Crippen LogP contribution in [0, 0.1) is 0 Å². The molecule has 1 aromatic carbocycles. The Kier molecular flexibility index (Phi) is 3.75. The van der Waals surface area contributed by atoms with Gasteiger partial charge in [-0.3, -0.25) is 4.79 Å². The molecule has 2 atom stereocenters. The van der Waals surface area contributed by atoms with Crippen LogP contribution in [-0.4, -0.2) is 45.0 Å². The second-order valence-corrected chi connectivity index (χ2v) is 6.57. The minimum Gasteiger partial charge on any atom is -0.370 e. The Hall–Kier alpha value is -1.63. The molecule has 3 heterocycles. The molecule has 0 spiro atoms. The first-order valence-electron chi connectivity index (χ1n) is 7.38. The van der Waals surface area contributed by atoms with E-state index in [0.717, 1.165) is 12.1 Å². The number of amides is 1. The van der Waals surface area contributed by atoms with Gasteiger partial charge in [-0.25, -0.2) is 4.68 Å². The van der Waals surface area contributed by atoms with Gasteiger partial charge < -0.3 is 9.64 Å². The Labute approximate surface area is 142 Å². The number of piperidine rings is 1. The summed E-state index contributed by atoms with van der Waals surface area (Å²) in [4.78, 5) is 14.5. The highest BCUT2D eigenvalue weighted by molar-refractivity contribution is 6.42. The lowest BCUT2D eigenvalue weighted by atomic mass is 9.99. The molecule has 2 aromatic rings. The van der Waals surface area contributed by atoms with Crippen molar-refractivity contribution in [3.05, 3.63) is 45.7 Å². The minimum atomic E-state index is -0.0609. The molecule has 1 saturated heterocycles. The van der Waals surface area contributed by atoms with Crippen LogP contribution in [0.4, 0.5) is 0 Å². The van der Waals surface area contributed by atoms with Crippen molar-refractivity contribution in [1.29, 1.82) is 0 Å². The predicted molar refractivity (Wildman–Crippen MR) is 84.6 cm³/mol. The van der Waals surface area contributed by atoms with Crippen LogP contribution in [0.1, 0.15) is 28.5 Å². The number of hydrogen-bond donors (Lipinski definition) is 0. The van der Waals surface area contributed by atoms with Crippen molar-refractivity contribution in [2.45, 2.75) is 25.2 Å². The Balaban J connectivity index is 1.57. The van der Waals surface area contributed by atoms with Gasteiger partial charge in [-0.1, -0.05) is 28.4 Å². The van der Waals surface area contributed by atoms with Crippen molar-refractivity contribution >= 4 is 29.1 Å². The van der Waals surface area contributed by atoms with E-state index >= 15 is 0 Å². The first kappa shape index (κ1) is 14.9.